The molecule has 1 saturated heterocycles. The van der Waals surface area contributed by atoms with Crippen molar-refractivity contribution in [3.63, 3.8) is 0 Å². The fraction of sp³-hybridized carbons (Fsp3) is 0.548. The van der Waals surface area contributed by atoms with E-state index >= 15 is 0 Å². The fourth-order valence-corrected chi connectivity index (χ4v) is 12.3. The molecule has 37 heavy (non-hydrogen) atoms. The molecule has 3 aliphatic carbocycles. The second-order valence-electron chi connectivity index (χ2n) is 14.0. The van der Waals surface area contributed by atoms with Gasteiger partial charge in [0.25, 0.3) is 0 Å². The van der Waals surface area contributed by atoms with Crippen LogP contribution in [-0.4, -0.2) is 35.2 Å². The SMILES string of the molecule is C=C(B1O[C@H]2C[C@H]3C[C@H](C3(C)C)[C@@]2(C)O1)[C@@H]([C@H](O[Si](C)(C)C)c1ccccc1)[Si](C)(C)c1ccccc1. The van der Waals surface area contributed by atoms with Gasteiger partial charge in [0.1, 0.15) is 0 Å². The van der Waals surface area contributed by atoms with E-state index in [0.717, 1.165) is 17.8 Å². The van der Waals surface area contributed by atoms with Crippen LogP contribution in [0.4, 0.5) is 0 Å². The predicted octanol–water partition coefficient (Wildman–Crippen LogP) is 7.39. The zero-order chi connectivity index (χ0) is 26.8. The molecule has 1 aliphatic heterocycles. The van der Waals surface area contributed by atoms with Crippen LogP contribution in [0.25, 0.3) is 0 Å². The lowest BCUT2D eigenvalue weighted by molar-refractivity contribution is -0.199. The first-order valence-electron chi connectivity index (χ1n) is 14.1. The monoisotopic (exact) mass is 532 g/mol. The summed E-state index contributed by atoms with van der Waals surface area (Å²) < 4.78 is 20.9. The third kappa shape index (κ3) is 4.67. The van der Waals surface area contributed by atoms with Crippen molar-refractivity contribution in [2.24, 2.45) is 17.3 Å². The van der Waals surface area contributed by atoms with Gasteiger partial charge in [0.15, 0.2) is 8.32 Å². The van der Waals surface area contributed by atoms with Crippen molar-refractivity contribution in [1.82, 2.24) is 0 Å². The maximum atomic E-state index is 7.08. The molecule has 2 bridgehead atoms. The van der Waals surface area contributed by atoms with Gasteiger partial charge in [-0.1, -0.05) is 92.8 Å². The van der Waals surface area contributed by atoms with Gasteiger partial charge in [-0.05, 0) is 67.7 Å². The van der Waals surface area contributed by atoms with Crippen LogP contribution in [0.5, 0.6) is 0 Å². The van der Waals surface area contributed by atoms with Crippen molar-refractivity contribution in [2.75, 3.05) is 0 Å². The maximum Gasteiger partial charge on any atom is 0.489 e. The van der Waals surface area contributed by atoms with Crippen LogP contribution in [0.1, 0.15) is 45.3 Å². The van der Waals surface area contributed by atoms with E-state index in [4.69, 9.17) is 20.3 Å². The highest BCUT2D eigenvalue weighted by atomic mass is 28.4. The summed E-state index contributed by atoms with van der Waals surface area (Å²) in [5, 5.41) is 1.41. The molecule has 2 aromatic carbocycles. The highest BCUT2D eigenvalue weighted by Crippen LogP contribution is 2.66. The summed E-state index contributed by atoms with van der Waals surface area (Å²) >= 11 is 0. The van der Waals surface area contributed by atoms with Crippen LogP contribution in [0.15, 0.2) is 72.7 Å². The molecule has 6 rings (SSSR count). The van der Waals surface area contributed by atoms with E-state index in [1.54, 1.807) is 0 Å². The van der Waals surface area contributed by atoms with E-state index < -0.39 is 23.5 Å². The lowest BCUT2D eigenvalue weighted by atomic mass is 9.43. The van der Waals surface area contributed by atoms with Crippen molar-refractivity contribution in [3.8, 4) is 0 Å². The molecular weight excluding hydrogens is 487 g/mol. The van der Waals surface area contributed by atoms with Crippen molar-refractivity contribution in [1.29, 1.82) is 0 Å². The number of rotatable bonds is 8. The Morgan fingerprint density at radius 3 is 2.11 bits per heavy atom. The van der Waals surface area contributed by atoms with E-state index in [2.05, 4.69) is 114 Å². The molecule has 2 aromatic rings. The lowest BCUT2D eigenvalue weighted by Crippen LogP contribution is -2.65. The number of hydrogen-bond donors (Lipinski definition) is 0. The first kappa shape index (κ1) is 27.1. The second kappa shape index (κ2) is 9.34. The average molecular weight is 533 g/mol. The van der Waals surface area contributed by atoms with Gasteiger partial charge < -0.3 is 13.7 Å². The predicted molar refractivity (Wildman–Crippen MR) is 160 cm³/mol. The van der Waals surface area contributed by atoms with Gasteiger partial charge in [0, 0.05) is 5.54 Å². The summed E-state index contributed by atoms with van der Waals surface area (Å²) in [4.78, 5) is 0. The van der Waals surface area contributed by atoms with E-state index in [1.807, 2.05) is 0 Å². The normalized spacial score (nSPS) is 30.3. The minimum Gasteiger partial charge on any atom is -0.410 e. The van der Waals surface area contributed by atoms with Gasteiger partial charge in [-0.25, -0.2) is 0 Å². The Morgan fingerprint density at radius 2 is 1.54 bits per heavy atom. The molecule has 4 fully saturated rings. The van der Waals surface area contributed by atoms with E-state index in [-0.39, 0.29) is 23.4 Å². The van der Waals surface area contributed by atoms with Crippen LogP contribution in [0.3, 0.4) is 0 Å². The molecule has 0 aromatic heterocycles. The van der Waals surface area contributed by atoms with Gasteiger partial charge in [-0.2, -0.15) is 0 Å². The molecule has 0 spiro atoms. The standard InChI is InChI=1S/C31H45BO3Si2/c1-22(32-33-27-21-24-20-26(30(24,2)3)31(27,4)35-32)29(37(8,9)25-18-14-11-15-19-25)28(34-36(5,6)7)23-16-12-10-13-17-23/h10-19,24,26-29H,1,20-21H2,2-9H3/t24-,26-,27+,28-,29+,31-/m1/s1. The van der Waals surface area contributed by atoms with Crippen molar-refractivity contribution >= 4 is 28.7 Å². The molecule has 3 nitrogen and oxygen atoms in total. The highest BCUT2D eigenvalue weighted by Gasteiger charge is 2.68. The zero-order valence-electron chi connectivity index (χ0n) is 24.1. The summed E-state index contributed by atoms with van der Waals surface area (Å²) in [5.74, 6) is 1.26. The molecule has 0 unspecified atom stereocenters. The Kier molecular flexibility index (Phi) is 6.85. The molecule has 198 valence electrons. The Morgan fingerprint density at radius 1 is 0.946 bits per heavy atom. The molecule has 4 aliphatic rings. The van der Waals surface area contributed by atoms with Crippen molar-refractivity contribution < 1.29 is 13.7 Å². The minimum absolute atomic E-state index is 0.0880. The molecule has 6 atom stereocenters. The molecule has 1 heterocycles. The van der Waals surface area contributed by atoms with Crippen molar-refractivity contribution in [3.05, 3.63) is 78.3 Å². The number of benzene rings is 2. The van der Waals surface area contributed by atoms with Crippen LogP contribution in [0.2, 0.25) is 38.3 Å². The van der Waals surface area contributed by atoms with E-state index in [1.165, 1.54) is 17.2 Å². The Balaban J connectivity index is 1.56. The molecular formula is C31H45BO3Si2. The smallest absolute Gasteiger partial charge is 0.410 e. The van der Waals surface area contributed by atoms with Gasteiger partial charge in [-0.15, -0.1) is 6.58 Å². The van der Waals surface area contributed by atoms with Crippen LogP contribution in [-0.2, 0) is 13.7 Å². The summed E-state index contributed by atoms with van der Waals surface area (Å²) in [6, 6.07) is 21.8. The Labute approximate surface area is 227 Å². The minimum atomic E-state index is -2.16. The largest absolute Gasteiger partial charge is 0.489 e. The quantitative estimate of drug-likeness (QED) is 0.332. The van der Waals surface area contributed by atoms with Gasteiger partial charge >= 0.3 is 7.12 Å². The van der Waals surface area contributed by atoms with Crippen LogP contribution in [0, 0.1) is 17.3 Å². The lowest BCUT2D eigenvalue weighted by Gasteiger charge is -2.64. The van der Waals surface area contributed by atoms with E-state index in [0.29, 0.717) is 11.3 Å². The number of hydrogen-bond acceptors (Lipinski definition) is 3. The maximum absolute atomic E-state index is 7.08. The molecule has 3 saturated carbocycles. The third-order valence-corrected chi connectivity index (χ3v) is 14.9. The Hall–Kier alpha value is -1.44. The summed E-state index contributed by atoms with van der Waals surface area (Å²) in [6.45, 7) is 23.7. The van der Waals surface area contributed by atoms with Crippen LogP contribution >= 0.6 is 0 Å². The zero-order valence-corrected chi connectivity index (χ0v) is 26.1. The Bertz CT molecular complexity index is 1130. The summed E-state index contributed by atoms with van der Waals surface area (Å²) in [6.07, 6.45) is 2.39. The van der Waals surface area contributed by atoms with E-state index in [9.17, 15) is 0 Å². The third-order valence-electron chi connectivity index (χ3n) is 9.86. The van der Waals surface area contributed by atoms with Gasteiger partial charge in [-0.3, -0.25) is 0 Å². The molecule has 0 amide bonds. The van der Waals surface area contributed by atoms with Crippen LogP contribution < -0.4 is 5.19 Å². The summed E-state index contributed by atoms with van der Waals surface area (Å²) in [7, 11) is -4.46. The fourth-order valence-electron chi connectivity index (χ4n) is 7.61. The van der Waals surface area contributed by atoms with Crippen molar-refractivity contribution in [2.45, 2.75) is 89.7 Å². The first-order chi connectivity index (χ1) is 17.2. The van der Waals surface area contributed by atoms with Gasteiger partial charge in [0.05, 0.1) is 25.9 Å². The summed E-state index contributed by atoms with van der Waals surface area (Å²) in [5.41, 5.74) is 2.43. The molecule has 0 N–H and O–H groups in total. The first-order valence-corrected chi connectivity index (χ1v) is 20.5. The topological polar surface area (TPSA) is 27.7 Å². The molecule has 6 heteroatoms. The second-order valence-corrected chi connectivity index (χ2v) is 23.1. The van der Waals surface area contributed by atoms with Gasteiger partial charge in [0.2, 0.25) is 0 Å². The average Bonchev–Trinajstić information content (AvgIpc) is 3.21. The molecule has 0 radical (unpaired) electrons. The highest BCUT2D eigenvalue weighted by molar-refractivity contribution is 6.92.